The molecule has 0 amide bonds. The monoisotopic (exact) mass is 273 g/mol. The predicted octanol–water partition coefficient (Wildman–Crippen LogP) is 2.16. The molecular formula is C12H16ClNO4. The molecule has 1 rings (SSSR count). The van der Waals surface area contributed by atoms with Gasteiger partial charge in [0.2, 0.25) is 0 Å². The van der Waals surface area contributed by atoms with Crippen molar-refractivity contribution < 1.29 is 19.0 Å². The van der Waals surface area contributed by atoms with Gasteiger partial charge in [0.25, 0.3) is 0 Å². The van der Waals surface area contributed by atoms with Crippen molar-refractivity contribution >= 4 is 23.3 Å². The molecule has 6 heteroatoms. The van der Waals surface area contributed by atoms with Crippen molar-refractivity contribution in [3.63, 3.8) is 0 Å². The van der Waals surface area contributed by atoms with E-state index in [1.807, 2.05) is 0 Å². The fourth-order valence-electron chi connectivity index (χ4n) is 1.41. The summed E-state index contributed by atoms with van der Waals surface area (Å²) in [6.07, 6.45) is -0.408. The Morgan fingerprint density at radius 1 is 1.33 bits per heavy atom. The van der Waals surface area contributed by atoms with Gasteiger partial charge in [-0.1, -0.05) is 11.6 Å². The van der Waals surface area contributed by atoms with Gasteiger partial charge >= 0.3 is 5.97 Å². The molecule has 1 N–H and O–H groups in total. The number of nitrogens with one attached hydrogen (secondary N) is 1. The Balaban J connectivity index is 2.85. The van der Waals surface area contributed by atoms with Crippen LogP contribution in [-0.2, 0) is 14.2 Å². The van der Waals surface area contributed by atoms with E-state index in [1.54, 1.807) is 18.2 Å². The van der Waals surface area contributed by atoms with E-state index >= 15 is 0 Å². The van der Waals surface area contributed by atoms with E-state index < -0.39 is 12.3 Å². The number of benzene rings is 1. The SMILES string of the molecule is COC(=O)c1ccc(Cl)cc1NCC(OC)OC. The second-order valence-electron chi connectivity index (χ2n) is 3.46. The Kier molecular flexibility index (Phi) is 5.91. The minimum atomic E-state index is -0.430. The van der Waals surface area contributed by atoms with E-state index in [2.05, 4.69) is 5.32 Å². The molecule has 0 aliphatic rings. The van der Waals surface area contributed by atoms with Gasteiger partial charge in [-0.3, -0.25) is 0 Å². The van der Waals surface area contributed by atoms with Crippen molar-refractivity contribution in [3.8, 4) is 0 Å². The Labute approximate surface area is 111 Å². The summed E-state index contributed by atoms with van der Waals surface area (Å²) in [7, 11) is 4.40. The van der Waals surface area contributed by atoms with Crippen molar-refractivity contribution in [2.45, 2.75) is 6.29 Å². The number of ether oxygens (including phenoxy) is 3. The van der Waals surface area contributed by atoms with Gasteiger partial charge in [0, 0.05) is 19.2 Å². The average molecular weight is 274 g/mol. The van der Waals surface area contributed by atoms with Crippen LogP contribution >= 0.6 is 11.6 Å². The van der Waals surface area contributed by atoms with Crippen LogP contribution in [0.2, 0.25) is 5.02 Å². The van der Waals surface area contributed by atoms with E-state index in [-0.39, 0.29) is 0 Å². The fourth-order valence-corrected chi connectivity index (χ4v) is 1.58. The summed E-state index contributed by atoms with van der Waals surface area (Å²) in [5.41, 5.74) is 0.987. The zero-order chi connectivity index (χ0) is 13.5. The summed E-state index contributed by atoms with van der Waals surface area (Å²) in [4.78, 5) is 11.6. The second-order valence-corrected chi connectivity index (χ2v) is 3.90. The van der Waals surface area contributed by atoms with Crippen LogP contribution < -0.4 is 5.32 Å². The van der Waals surface area contributed by atoms with Gasteiger partial charge in [-0.2, -0.15) is 0 Å². The maximum atomic E-state index is 11.6. The third-order valence-electron chi connectivity index (χ3n) is 2.37. The molecule has 0 aliphatic carbocycles. The molecule has 100 valence electrons. The van der Waals surface area contributed by atoms with Gasteiger partial charge in [0.15, 0.2) is 6.29 Å². The maximum Gasteiger partial charge on any atom is 0.339 e. The molecule has 0 aliphatic heterocycles. The lowest BCUT2D eigenvalue weighted by molar-refractivity contribution is -0.0914. The highest BCUT2D eigenvalue weighted by atomic mass is 35.5. The van der Waals surface area contributed by atoms with E-state index in [0.29, 0.717) is 22.8 Å². The number of rotatable bonds is 6. The van der Waals surface area contributed by atoms with E-state index in [4.69, 9.17) is 25.8 Å². The lowest BCUT2D eigenvalue weighted by Gasteiger charge is -2.16. The first-order valence-electron chi connectivity index (χ1n) is 5.29. The molecule has 0 spiro atoms. The molecule has 0 aromatic heterocycles. The molecule has 5 nitrogen and oxygen atoms in total. The number of methoxy groups -OCH3 is 3. The first-order chi connectivity index (χ1) is 8.62. The van der Waals surface area contributed by atoms with Crippen LogP contribution in [0.1, 0.15) is 10.4 Å². The van der Waals surface area contributed by atoms with Gasteiger partial charge in [0.05, 0.1) is 24.9 Å². The highest BCUT2D eigenvalue weighted by Crippen LogP contribution is 2.22. The summed E-state index contributed by atoms with van der Waals surface area (Å²) in [5, 5.41) is 3.56. The van der Waals surface area contributed by atoms with Crippen molar-refractivity contribution in [2.75, 3.05) is 33.2 Å². The molecule has 1 aromatic rings. The molecule has 0 radical (unpaired) electrons. The Morgan fingerprint density at radius 3 is 2.56 bits per heavy atom. The molecule has 0 unspecified atom stereocenters. The number of hydrogen-bond donors (Lipinski definition) is 1. The van der Waals surface area contributed by atoms with Crippen LogP contribution in [0.15, 0.2) is 18.2 Å². The highest BCUT2D eigenvalue weighted by Gasteiger charge is 2.13. The van der Waals surface area contributed by atoms with Gasteiger partial charge in [-0.15, -0.1) is 0 Å². The van der Waals surface area contributed by atoms with Gasteiger partial charge < -0.3 is 19.5 Å². The van der Waals surface area contributed by atoms with Crippen LogP contribution in [0.5, 0.6) is 0 Å². The first-order valence-corrected chi connectivity index (χ1v) is 5.67. The van der Waals surface area contributed by atoms with Crippen molar-refractivity contribution in [1.29, 1.82) is 0 Å². The molecule has 18 heavy (non-hydrogen) atoms. The van der Waals surface area contributed by atoms with E-state index in [9.17, 15) is 4.79 Å². The zero-order valence-corrected chi connectivity index (χ0v) is 11.3. The highest BCUT2D eigenvalue weighted by molar-refractivity contribution is 6.31. The van der Waals surface area contributed by atoms with Crippen LogP contribution in [0.25, 0.3) is 0 Å². The number of esters is 1. The first kappa shape index (κ1) is 14.8. The van der Waals surface area contributed by atoms with E-state index in [0.717, 1.165) is 0 Å². The molecule has 0 heterocycles. The lowest BCUT2D eigenvalue weighted by Crippen LogP contribution is -2.24. The van der Waals surface area contributed by atoms with Gasteiger partial charge in [0.1, 0.15) is 0 Å². The molecule has 1 aromatic carbocycles. The Bertz CT molecular complexity index is 407. The molecule has 0 saturated carbocycles. The van der Waals surface area contributed by atoms with Gasteiger partial charge in [-0.25, -0.2) is 4.79 Å². The Hall–Kier alpha value is -1.30. The average Bonchev–Trinajstić information content (AvgIpc) is 2.39. The number of anilines is 1. The summed E-state index contributed by atoms with van der Waals surface area (Å²) in [6, 6.07) is 4.88. The maximum absolute atomic E-state index is 11.6. The summed E-state index contributed by atoms with van der Waals surface area (Å²) in [6.45, 7) is 0.386. The summed E-state index contributed by atoms with van der Waals surface area (Å²) in [5.74, 6) is -0.430. The number of carbonyl (C=O) groups is 1. The van der Waals surface area contributed by atoms with Crippen molar-refractivity contribution in [3.05, 3.63) is 28.8 Å². The molecule has 0 bridgehead atoms. The minimum absolute atomic E-state index is 0.386. The number of carbonyl (C=O) groups excluding carboxylic acids is 1. The smallest absolute Gasteiger partial charge is 0.339 e. The van der Waals surface area contributed by atoms with Crippen LogP contribution in [0.4, 0.5) is 5.69 Å². The molecule has 0 saturated heterocycles. The number of halogens is 1. The third-order valence-corrected chi connectivity index (χ3v) is 2.61. The number of hydrogen-bond acceptors (Lipinski definition) is 5. The van der Waals surface area contributed by atoms with E-state index in [1.165, 1.54) is 21.3 Å². The normalized spacial score (nSPS) is 10.5. The summed E-state index contributed by atoms with van der Waals surface area (Å²) < 4.78 is 14.8. The quantitative estimate of drug-likeness (QED) is 0.636. The molecular weight excluding hydrogens is 258 g/mol. The van der Waals surface area contributed by atoms with Crippen LogP contribution in [0.3, 0.4) is 0 Å². The Morgan fingerprint density at radius 2 is 2.00 bits per heavy atom. The second kappa shape index (κ2) is 7.20. The molecule has 0 atom stereocenters. The third kappa shape index (κ3) is 3.87. The predicted molar refractivity (Wildman–Crippen MR) is 69.1 cm³/mol. The van der Waals surface area contributed by atoms with Crippen molar-refractivity contribution in [1.82, 2.24) is 0 Å². The zero-order valence-electron chi connectivity index (χ0n) is 10.5. The fraction of sp³-hybridized carbons (Fsp3) is 0.417. The standard InChI is InChI=1S/C12H16ClNO4/c1-16-11(17-2)7-14-10-6-8(13)4-5-9(10)12(15)18-3/h4-6,11,14H,7H2,1-3H3. The van der Waals surface area contributed by atoms with Gasteiger partial charge in [-0.05, 0) is 18.2 Å². The topological polar surface area (TPSA) is 56.8 Å². The van der Waals surface area contributed by atoms with Crippen LogP contribution in [0, 0.1) is 0 Å². The van der Waals surface area contributed by atoms with Crippen molar-refractivity contribution in [2.24, 2.45) is 0 Å². The largest absolute Gasteiger partial charge is 0.465 e. The minimum Gasteiger partial charge on any atom is -0.465 e. The van der Waals surface area contributed by atoms with Crippen LogP contribution in [-0.4, -0.2) is 40.1 Å². The lowest BCUT2D eigenvalue weighted by atomic mass is 10.2. The summed E-state index contributed by atoms with van der Waals surface area (Å²) >= 11 is 5.89. The molecule has 0 fully saturated rings.